The van der Waals surface area contributed by atoms with Crippen LogP contribution in [0.5, 0.6) is 5.75 Å². The van der Waals surface area contributed by atoms with Gasteiger partial charge in [0.05, 0.1) is 36.5 Å². The van der Waals surface area contributed by atoms with E-state index in [-0.39, 0.29) is 11.5 Å². The number of nitrogens with one attached hydrogen (secondary N) is 2. The highest BCUT2D eigenvalue weighted by molar-refractivity contribution is 5.81. The highest BCUT2D eigenvalue weighted by Gasteiger charge is 2.10. The Morgan fingerprint density at radius 1 is 1.13 bits per heavy atom. The summed E-state index contributed by atoms with van der Waals surface area (Å²) in [5.74, 6) is 0.975. The summed E-state index contributed by atoms with van der Waals surface area (Å²) >= 11 is 0. The van der Waals surface area contributed by atoms with Gasteiger partial charge in [0.15, 0.2) is 0 Å². The van der Waals surface area contributed by atoms with E-state index in [9.17, 15) is 4.79 Å². The Morgan fingerprint density at radius 2 is 1.90 bits per heavy atom. The molecule has 9 heteroatoms. The highest BCUT2D eigenvalue weighted by atomic mass is 16.5. The monoisotopic (exact) mass is 401 g/mol. The van der Waals surface area contributed by atoms with Crippen LogP contribution in [0.1, 0.15) is 11.3 Å². The third kappa shape index (κ3) is 3.95. The fourth-order valence-electron chi connectivity index (χ4n) is 2.88. The Balaban J connectivity index is 1.53. The van der Waals surface area contributed by atoms with E-state index < -0.39 is 0 Å². The number of hydrogen-bond donors (Lipinski definition) is 2. The molecule has 2 heterocycles. The molecular weight excluding hydrogens is 382 g/mol. The number of aromatic nitrogens is 5. The maximum absolute atomic E-state index is 12.7. The van der Waals surface area contributed by atoms with Crippen LogP contribution in [0.15, 0.2) is 70.7 Å². The number of ether oxygens (including phenoxy) is 1. The van der Waals surface area contributed by atoms with Crippen LogP contribution in [-0.4, -0.2) is 38.3 Å². The number of benzene rings is 2. The van der Waals surface area contributed by atoms with E-state index >= 15 is 0 Å². The van der Waals surface area contributed by atoms with E-state index in [2.05, 4.69) is 30.8 Å². The molecule has 0 saturated heterocycles. The molecule has 2 N–H and O–H groups in total. The second-order valence-corrected chi connectivity index (χ2v) is 6.39. The van der Waals surface area contributed by atoms with Gasteiger partial charge in [0.1, 0.15) is 5.75 Å². The quantitative estimate of drug-likeness (QED) is 0.380. The molecule has 0 radical (unpaired) electrons. The number of H-pyrrole nitrogens is 1. The van der Waals surface area contributed by atoms with Crippen molar-refractivity contribution < 1.29 is 4.74 Å². The third-order valence-corrected chi connectivity index (χ3v) is 4.43. The third-order valence-electron chi connectivity index (χ3n) is 4.43. The molecule has 0 aliphatic heterocycles. The number of para-hydroxylation sites is 1. The van der Waals surface area contributed by atoms with Crippen LogP contribution in [0.25, 0.3) is 16.9 Å². The van der Waals surface area contributed by atoms with Crippen LogP contribution in [0.4, 0.5) is 5.95 Å². The molecule has 0 saturated carbocycles. The maximum atomic E-state index is 12.7. The molecule has 4 rings (SSSR count). The predicted molar refractivity (Wildman–Crippen MR) is 114 cm³/mol. The minimum atomic E-state index is -0.199. The lowest BCUT2D eigenvalue weighted by Crippen LogP contribution is -2.17. The van der Waals surface area contributed by atoms with Crippen molar-refractivity contribution in [3.63, 3.8) is 0 Å². The molecule has 150 valence electrons. The van der Waals surface area contributed by atoms with Crippen LogP contribution in [0.2, 0.25) is 0 Å². The summed E-state index contributed by atoms with van der Waals surface area (Å²) in [5.41, 5.74) is 5.91. The lowest BCUT2D eigenvalue weighted by molar-refractivity contribution is 0.415. The maximum Gasteiger partial charge on any atom is 0.280 e. The van der Waals surface area contributed by atoms with Crippen LogP contribution in [-0.2, 0) is 0 Å². The smallest absolute Gasteiger partial charge is 0.280 e. The fraction of sp³-hybridized carbons (Fsp3) is 0.0952. The predicted octanol–water partition coefficient (Wildman–Crippen LogP) is 2.78. The Bertz CT molecular complexity index is 1230. The molecule has 2 aromatic carbocycles. The summed E-state index contributed by atoms with van der Waals surface area (Å²) < 4.78 is 6.63. The lowest BCUT2D eigenvalue weighted by Gasteiger charge is -2.03. The molecule has 0 atom stereocenters. The summed E-state index contributed by atoms with van der Waals surface area (Å²) in [6.45, 7) is 1.81. The summed E-state index contributed by atoms with van der Waals surface area (Å²) in [7, 11) is 1.61. The molecule has 2 aromatic heterocycles. The number of methoxy groups -OCH3 is 1. The molecule has 0 spiro atoms. The van der Waals surface area contributed by atoms with Crippen molar-refractivity contribution >= 4 is 12.2 Å². The normalized spacial score (nSPS) is 11.0. The molecule has 0 fully saturated rings. The van der Waals surface area contributed by atoms with Gasteiger partial charge in [0, 0.05) is 11.3 Å². The average Bonchev–Trinajstić information content (AvgIpc) is 3.08. The molecule has 30 heavy (non-hydrogen) atoms. The number of rotatable bonds is 6. The van der Waals surface area contributed by atoms with Crippen LogP contribution in [0.3, 0.4) is 0 Å². The molecule has 0 aliphatic carbocycles. The Hall–Kier alpha value is -4.27. The van der Waals surface area contributed by atoms with Gasteiger partial charge >= 0.3 is 0 Å². The van der Waals surface area contributed by atoms with Gasteiger partial charge < -0.3 is 4.74 Å². The first-order chi connectivity index (χ1) is 14.7. The summed E-state index contributed by atoms with van der Waals surface area (Å²) in [4.78, 5) is 17.1. The first-order valence-electron chi connectivity index (χ1n) is 9.16. The van der Waals surface area contributed by atoms with Gasteiger partial charge in [-0.15, -0.1) is 5.10 Å². The summed E-state index contributed by atoms with van der Waals surface area (Å²) in [6, 6.07) is 16.8. The number of hydrogen-bond acceptors (Lipinski definition) is 7. The van der Waals surface area contributed by atoms with Crippen molar-refractivity contribution in [2.45, 2.75) is 6.92 Å². The minimum Gasteiger partial charge on any atom is -0.497 e. The Morgan fingerprint density at radius 3 is 2.63 bits per heavy atom. The second-order valence-electron chi connectivity index (χ2n) is 6.39. The van der Waals surface area contributed by atoms with Crippen molar-refractivity contribution in [3.8, 4) is 22.7 Å². The highest BCUT2D eigenvalue weighted by Crippen LogP contribution is 2.20. The molecule has 9 nitrogen and oxygen atoms in total. The van der Waals surface area contributed by atoms with Crippen LogP contribution < -0.4 is 15.7 Å². The Labute approximate surface area is 172 Å². The van der Waals surface area contributed by atoms with Crippen LogP contribution >= 0.6 is 0 Å². The number of nitrogens with zero attached hydrogens (tertiary/aromatic N) is 5. The topological polar surface area (TPSA) is 110 Å². The second kappa shape index (κ2) is 8.39. The number of hydrazone groups is 1. The largest absolute Gasteiger partial charge is 0.497 e. The number of aromatic amines is 1. The summed E-state index contributed by atoms with van der Waals surface area (Å²) in [5, 5.41) is 15.0. The Kier molecular flexibility index (Phi) is 5.33. The van der Waals surface area contributed by atoms with Gasteiger partial charge in [-0.05, 0) is 43.3 Å². The van der Waals surface area contributed by atoms with Gasteiger partial charge in [-0.1, -0.05) is 18.2 Å². The van der Waals surface area contributed by atoms with E-state index in [1.165, 1.54) is 10.9 Å². The van der Waals surface area contributed by atoms with Gasteiger partial charge in [-0.2, -0.15) is 10.2 Å². The molecule has 4 aromatic rings. The molecule has 0 amide bonds. The minimum absolute atomic E-state index is 0.199. The zero-order valence-corrected chi connectivity index (χ0v) is 16.4. The molecule has 0 aliphatic rings. The lowest BCUT2D eigenvalue weighted by atomic mass is 10.1. The summed E-state index contributed by atoms with van der Waals surface area (Å²) in [6.07, 6.45) is 3.00. The average molecular weight is 401 g/mol. The zero-order valence-electron chi connectivity index (χ0n) is 16.4. The first-order valence-corrected chi connectivity index (χ1v) is 9.16. The van der Waals surface area contributed by atoms with E-state index in [4.69, 9.17) is 4.74 Å². The van der Waals surface area contributed by atoms with Gasteiger partial charge in [0.25, 0.3) is 11.5 Å². The zero-order chi connectivity index (χ0) is 20.9. The number of anilines is 1. The van der Waals surface area contributed by atoms with E-state index in [1.807, 2.05) is 61.5 Å². The fourth-order valence-corrected chi connectivity index (χ4v) is 2.88. The van der Waals surface area contributed by atoms with E-state index in [0.29, 0.717) is 17.0 Å². The van der Waals surface area contributed by atoms with Gasteiger partial charge in [-0.3, -0.25) is 9.89 Å². The van der Waals surface area contributed by atoms with Gasteiger partial charge in [0.2, 0.25) is 0 Å². The number of aryl methyl sites for hydroxylation is 1. The standard InChI is InChI=1S/C21H19N7O2/c1-14-18(20(29)28(27-14)16-6-4-3-5-7-16)12-22-25-21-24-19(13-23-26-21)15-8-10-17(30-2)11-9-15/h3-13,27H,1-2H3,(H,24,25,26). The van der Waals surface area contributed by atoms with Crippen molar-refractivity contribution in [1.29, 1.82) is 0 Å². The van der Waals surface area contributed by atoms with Crippen molar-refractivity contribution in [2.24, 2.45) is 5.10 Å². The van der Waals surface area contributed by atoms with Crippen molar-refractivity contribution in [2.75, 3.05) is 12.5 Å². The first kappa shape index (κ1) is 19.1. The van der Waals surface area contributed by atoms with Gasteiger partial charge in [-0.25, -0.2) is 15.1 Å². The SMILES string of the molecule is COc1ccc(-c2cnnc(NN=Cc3c(C)[nH]n(-c4ccccc4)c3=O)n2)cc1. The van der Waals surface area contributed by atoms with E-state index in [1.54, 1.807) is 13.3 Å². The van der Waals surface area contributed by atoms with Crippen molar-refractivity contribution in [1.82, 2.24) is 25.0 Å². The molecule has 0 bridgehead atoms. The molecular formula is C21H19N7O2. The van der Waals surface area contributed by atoms with E-state index in [0.717, 1.165) is 17.0 Å². The molecule has 0 unspecified atom stereocenters. The van der Waals surface area contributed by atoms with Crippen LogP contribution in [0, 0.1) is 6.92 Å². The van der Waals surface area contributed by atoms with Crippen molar-refractivity contribution in [3.05, 3.63) is 82.4 Å².